The van der Waals surface area contributed by atoms with Gasteiger partial charge in [-0.15, -0.1) is 0 Å². The summed E-state index contributed by atoms with van der Waals surface area (Å²) in [5.74, 6) is 0.434. The van der Waals surface area contributed by atoms with Crippen LogP contribution < -0.4 is 10.1 Å². The number of fused-ring (bicyclic) bond motifs is 1. The molecule has 1 heterocycles. The zero-order chi connectivity index (χ0) is 20.2. The molecular formula is C21H15ClN4O3. The Labute approximate surface area is 171 Å². The lowest BCUT2D eigenvalue weighted by Gasteiger charge is -2.11. The fourth-order valence-electron chi connectivity index (χ4n) is 2.91. The summed E-state index contributed by atoms with van der Waals surface area (Å²) in [4.78, 5) is 19.2. The van der Waals surface area contributed by atoms with Crippen molar-refractivity contribution in [3.63, 3.8) is 0 Å². The van der Waals surface area contributed by atoms with Crippen LogP contribution in [0.2, 0.25) is 5.02 Å². The molecule has 144 valence electrons. The minimum atomic E-state index is -0.551. The van der Waals surface area contributed by atoms with Gasteiger partial charge in [-0.1, -0.05) is 60.1 Å². The Balaban J connectivity index is 1.66. The van der Waals surface area contributed by atoms with Crippen molar-refractivity contribution in [2.24, 2.45) is 0 Å². The molecule has 0 unspecified atom stereocenters. The van der Waals surface area contributed by atoms with Crippen LogP contribution in [0.1, 0.15) is 5.56 Å². The molecule has 0 saturated heterocycles. The number of aromatic nitrogens is 2. The van der Waals surface area contributed by atoms with Crippen LogP contribution in [0.15, 0.2) is 73.1 Å². The highest BCUT2D eigenvalue weighted by molar-refractivity contribution is 6.30. The van der Waals surface area contributed by atoms with Crippen LogP contribution in [0.3, 0.4) is 0 Å². The van der Waals surface area contributed by atoms with Crippen LogP contribution in [0.25, 0.3) is 10.8 Å². The third-order valence-corrected chi connectivity index (χ3v) is 4.55. The molecule has 3 aromatic carbocycles. The van der Waals surface area contributed by atoms with E-state index in [2.05, 4.69) is 15.3 Å². The first-order valence-corrected chi connectivity index (χ1v) is 9.13. The van der Waals surface area contributed by atoms with Crippen molar-refractivity contribution in [3.05, 3.63) is 93.8 Å². The Morgan fingerprint density at radius 1 is 1.00 bits per heavy atom. The normalized spacial score (nSPS) is 10.7. The SMILES string of the molecule is O=[N+]([O-])c1c(NCc2ccc(Cl)cc2)ncnc1Oc1cccc2ccccc12. The van der Waals surface area contributed by atoms with Crippen molar-refractivity contribution in [3.8, 4) is 11.6 Å². The van der Waals surface area contributed by atoms with Gasteiger partial charge in [0.05, 0.1) is 4.92 Å². The highest BCUT2D eigenvalue weighted by Gasteiger charge is 2.25. The molecule has 8 heteroatoms. The number of nitrogens with zero attached hydrogens (tertiary/aromatic N) is 3. The second-order valence-corrected chi connectivity index (χ2v) is 6.63. The number of anilines is 1. The van der Waals surface area contributed by atoms with Gasteiger partial charge in [0, 0.05) is 17.0 Å². The van der Waals surface area contributed by atoms with Crippen LogP contribution in [0.5, 0.6) is 11.6 Å². The number of ether oxygens (including phenoxy) is 1. The van der Waals surface area contributed by atoms with Gasteiger partial charge >= 0.3 is 11.6 Å². The van der Waals surface area contributed by atoms with Crippen molar-refractivity contribution in [2.75, 3.05) is 5.32 Å². The number of hydrogen-bond acceptors (Lipinski definition) is 6. The molecule has 4 aromatic rings. The first kappa shape index (κ1) is 18.6. The largest absolute Gasteiger partial charge is 0.433 e. The van der Waals surface area contributed by atoms with Crippen molar-refractivity contribution in [1.82, 2.24) is 9.97 Å². The summed E-state index contributed by atoms with van der Waals surface area (Å²) in [5.41, 5.74) is 0.577. The number of benzene rings is 3. The molecule has 0 aliphatic rings. The Hall–Kier alpha value is -3.71. The van der Waals surface area contributed by atoms with Gasteiger partial charge in [-0.25, -0.2) is 4.98 Å². The standard InChI is InChI=1S/C21H15ClN4O3/c22-16-10-8-14(9-11-16)12-23-20-19(26(27)28)21(25-13-24-20)29-18-7-3-5-15-4-1-2-6-17(15)18/h1-11,13H,12H2,(H,23,24,25). The topological polar surface area (TPSA) is 90.2 Å². The summed E-state index contributed by atoms with van der Waals surface area (Å²) < 4.78 is 5.84. The van der Waals surface area contributed by atoms with Crippen molar-refractivity contribution < 1.29 is 9.66 Å². The summed E-state index contributed by atoms with van der Waals surface area (Å²) in [6.45, 7) is 0.336. The van der Waals surface area contributed by atoms with Gasteiger partial charge in [0.15, 0.2) is 0 Å². The van der Waals surface area contributed by atoms with Crippen molar-refractivity contribution in [2.45, 2.75) is 6.54 Å². The van der Waals surface area contributed by atoms with Gasteiger partial charge in [-0.3, -0.25) is 10.1 Å². The summed E-state index contributed by atoms with van der Waals surface area (Å²) in [6, 6.07) is 20.3. The van der Waals surface area contributed by atoms with E-state index in [-0.39, 0.29) is 17.4 Å². The lowest BCUT2D eigenvalue weighted by Crippen LogP contribution is -2.07. The number of nitro groups is 1. The molecule has 0 bridgehead atoms. The quantitative estimate of drug-likeness (QED) is 0.331. The fourth-order valence-corrected chi connectivity index (χ4v) is 3.03. The molecule has 0 atom stereocenters. The minimum absolute atomic E-state index is 0.0789. The first-order chi connectivity index (χ1) is 14.1. The van der Waals surface area contributed by atoms with Crippen molar-refractivity contribution in [1.29, 1.82) is 0 Å². The Kier molecular flexibility index (Phi) is 5.22. The van der Waals surface area contributed by atoms with Gasteiger partial charge in [-0.2, -0.15) is 4.98 Å². The second kappa shape index (κ2) is 8.12. The Morgan fingerprint density at radius 3 is 2.55 bits per heavy atom. The number of halogens is 1. The zero-order valence-corrected chi connectivity index (χ0v) is 15.8. The molecule has 0 fully saturated rings. The predicted octanol–water partition coefficient (Wildman–Crippen LogP) is 5.60. The van der Waals surface area contributed by atoms with Gasteiger partial charge < -0.3 is 10.1 Å². The monoisotopic (exact) mass is 406 g/mol. The molecule has 0 saturated carbocycles. The van der Waals surface area contributed by atoms with Crippen LogP contribution in [-0.4, -0.2) is 14.9 Å². The third-order valence-electron chi connectivity index (χ3n) is 4.30. The van der Waals surface area contributed by atoms with Crippen LogP contribution in [-0.2, 0) is 6.54 Å². The average Bonchev–Trinajstić information content (AvgIpc) is 2.73. The van der Waals surface area contributed by atoms with Gasteiger partial charge in [0.2, 0.25) is 5.82 Å². The Bertz CT molecular complexity index is 1180. The minimum Gasteiger partial charge on any atom is -0.433 e. The maximum atomic E-state index is 11.7. The van der Waals surface area contributed by atoms with Gasteiger partial charge in [-0.05, 0) is 29.1 Å². The highest BCUT2D eigenvalue weighted by Crippen LogP contribution is 2.36. The first-order valence-electron chi connectivity index (χ1n) is 8.75. The smallest absolute Gasteiger partial charge is 0.373 e. The van der Waals surface area contributed by atoms with E-state index in [1.807, 2.05) is 48.5 Å². The average molecular weight is 407 g/mol. The second-order valence-electron chi connectivity index (χ2n) is 6.19. The molecular weight excluding hydrogens is 392 g/mol. The highest BCUT2D eigenvalue weighted by atomic mass is 35.5. The maximum Gasteiger partial charge on any atom is 0.373 e. The van der Waals surface area contributed by atoms with E-state index >= 15 is 0 Å². The zero-order valence-electron chi connectivity index (χ0n) is 15.1. The molecule has 0 amide bonds. The fraction of sp³-hybridized carbons (Fsp3) is 0.0476. The molecule has 0 radical (unpaired) electrons. The van der Waals surface area contributed by atoms with Crippen LogP contribution in [0.4, 0.5) is 11.5 Å². The number of nitrogens with one attached hydrogen (secondary N) is 1. The lowest BCUT2D eigenvalue weighted by molar-refractivity contribution is -0.385. The third kappa shape index (κ3) is 4.09. The van der Waals surface area contributed by atoms with E-state index in [9.17, 15) is 10.1 Å². The summed E-state index contributed by atoms with van der Waals surface area (Å²) in [5, 5.41) is 17.1. The molecule has 1 aromatic heterocycles. The van der Waals surface area contributed by atoms with Gasteiger partial charge in [0.1, 0.15) is 12.1 Å². The van der Waals surface area contributed by atoms with Gasteiger partial charge in [0.25, 0.3) is 0 Å². The van der Waals surface area contributed by atoms with Crippen LogP contribution >= 0.6 is 11.6 Å². The van der Waals surface area contributed by atoms with Crippen LogP contribution in [0, 0.1) is 10.1 Å². The molecule has 4 rings (SSSR count). The van der Waals surface area contributed by atoms with E-state index in [0.29, 0.717) is 17.3 Å². The molecule has 0 spiro atoms. The van der Waals surface area contributed by atoms with E-state index in [4.69, 9.17) is 16.3 Å². The molecule has 1 N–H and O–H groups in total. The number of hydrogen-bond donors (Lipinski definition) is 1. The molecule has 0 aliphatic carbocycles. The molecule has 29 heavy (non-hydrogen) atoms. The lowest BCUT2D eigenvalue weighted by atomic mass is 10.1. The predicted molar refractivity (Wildman–Crippen MR) is 111 cm³/mol. The van der Waals surface area contributed by atoms with E-state index < -0.39 is 4.92 Å². The molecule has 0 aliphatic heterocycles. The number of rotatable bonds is 6. The maximum absolute atomic E-state index is 11.7. The molecule has 7 nitrogen and oxygen atoms in total. The summed E-state index contributed by atoms with van der Waals surface area (Å²) >= 11 is 5.89. The summed E-state index contributed by atoms with van der Waals surface area (Å²) in [6.07, 6.45) is 1.23. The van der Waals surface area contributed by atoms with Crippen molar-refractivity contribution >= 4 is 33.9 Å². The Morgan fingerprint density at radius 2 is 1.76 bits per heavy atom. The summed E-state index contributed by atoms with van der Waals surface area (Å²) in [7, 11) is 0. The van der Waals surface area contributed by atoms with E-state index in [1.54, 1.807) is 18.2 Å². The van der Waals surface area contributed by atoms with E-state index in [1.165, 1.54) is 6.33 Å². The van der Waals surface area contributed by atoms with E-state index in [0.717, 1.165) is 16.3 Å².